The van der Waals surface area contributed by atoms with E-state index < -0.39 is 0 Å². The molecule has 0 spiro atoms. The number of nitrogens with zero attached hydrogens (tertiary/aromatic N) is 2. The zero-order valence-corrected chi connectivity index (χ0v) is 8.96. The summed E-state index contributed by atoms with van der Waals surface area (Å²) in [5.74, 6) is -0.367. The summed E-state index contributed by atoms with van der Waals surface area (Å²) in [5.41, 5.74) is 1.58. The van der Waals surface area contributed by atoms with Crippen LogP contribution < -0.4 is 0 Å². The molecule has 82 valence electrons. The van der Waals surface area contributed by atoms with Gasteiger partial charge in [-0.25, -0.2) is 9.78 Å². The van der Waals surface area contributed by atoms with Crippen LogP contribution in [0.4, 0.5) is 0 Å². The monoisotopic (exact) mass is 217 g/mol. The summed E-state index contributed by atoms with van der Waals surface area (Å²) in [6.07, 6.45) is 3.13. The predicted molar refractivity (Wildman–Crippen MR) is 59.1 cm³/mol. The van der Waals surface area contributed by atoms with E-state index >= 15 is 0 Å². The number of imidazole rings is 1. The van der Waals surface area contributed by atoms with E-state index in [-0.39, 0.29) is 5.97 Å². The second kappa shape index (κ2) is 4.61. The molecular weight excluding hydrogens is 205 g/mol. The zero-order chi connectivity index (χ0) is 11.4. The molecule has 0 unspecified atom stereocenters. The number of hydrogen-bond donors (Lipinski definition) is 0. The van der Waals surface area contributed by atoms with Crippen molar-refractivity contribution in [3.8, 4) is 0 Å². The molecule has 4 nitrogen and oxygen atoms in total. The highest BCUT2D eigenvalue weighted by Gasteiger charge is 2.11. The van der Waals surface area contributed by atoms with Crippen LogP contribution in [0.25, 0.3) is 0 Å². The van der Waals surface area contributed by atoms with Crippen molar-refractivity contribution in [2.75, 3.05) is 7.11 Å². The third-order valence-electron chi connectivity index (χ3n) is 2.30. The van der Waals surface area contributed by atoms with Gasteiger partial charge < -0.3 is 9.30 Å². The summed E-state index contributed by atoms with van der Waals surface area (Å²) >= 11 is 0. The Labute approximate surface area is 93.5 Å². The van der Waals surface area contributed by atoms with Crippen LogP contribution >= 0.6 is 0 Å². The lowest BCUT2D eigenvalue weighted by Crippen LogP contribution is -2.10. The van der Waals surface area contributed by atoms with Crippen LogP contribution in [0.1, 0.15) is 16.1 Å². The summed E-state index contributed by atoms with van der Waals surface area (Å²) in [6, 6.07) is 9.88. The zero-order valence-electron chi connectivity index (χ0n) is 8.96. The smallest absolute Gasteiger partial charge is 0.356 e. The Morgan fingerprint density at radius 1 is 1.38 bits per heavy atom. The number of ether oxygens (including phenoxy) is 1. The quantitative estimate of drug-likeness (QED) is 0.735. The number of methoxy groups -OCH3 is 1. The van der Waals surface area contributed by atoms with Gasteiger partial charge in [-0.15, -0.1) is 0 Å². The van der Waals surface area contributed by atoms with Gasteiger partial charge in [0.25, 0.3) is 0 Å². The van der Waals surface area contributed by atoms with Gasteiger partial charge in [-0.1, -0.05) is 30.3 Å². The fourth-order valence-corrected chi connectivity index (χ4v) is 1.50. The lowest BCUT2D eigenvalue weighted by Gasteiger charge is -2.06. The summed E-state index contributed by atoms with van der Waals surface area (Å²) in [5, 5.41) is 0. The third kappa shape index (κ3) is 2.11. The van der Waals surface area contributed by atoms with Gasteiger partial charge in [0.15, 0.2) is 0 Å². The first-order valence-electron chi connectivity index (χ1n) is 4.93. The number of benzene rings is 1. The molecule has 0 amide bonds. The van der Waals surface area contributed by atoms with Crippen molar-refractivity contribution in [3.05, 3.63) is 54.1 Å². The van der Waals surface area contributed by atoms with Gasteiger partial charge in [0.2, 0.25) is 0 Å². The molecule has 1 aromatic heterocycles. The van der Waals surface area contributed by atoms with Crippen LogP contribution in [0.15, 0.2) is 42.9 Å². The van der Waals surface area contributed by atoms with Gasteiger partial charge in [-0.3, -0.25) is 0 Å². The minimum Gasteiger partial charge on any atom is -0.464 e. The molecule has 0 atom stereocenters. The van der Waals surface area contributed by atoms with Crippen molar-refractivity contribution in [1.82, 2.24) is 9.55 Å². The molecule has 16 heavy (non-hydrogen) atoms. The maximum Gasteiger partial charge on any atom is 0.356 e. The molecule has 1 heterocycles. The predicted octanol–water partition coefficient (Wildman–Crippen LogP) is 1.72. The largest absolute Gasteiger partial charge is 0.464 e. The number of esters is 1. The molecular formula is C12H12N2O2. The highest BCUT2D eigenvalue weighted by Crippen LogP contribution is 2.06. The Morgan fingerprint density at radius 2 is 2.12 bits per heavy atom. The van der Waals surface area contributed by atoms with E-state index in [4.69, 9.17) is 0 Å². The molecule has 1 aromatic carbocycles. The molecule has 0 fully saturated rings. The van der Waals surface area contributed by atoms with E-state index in [1.807, 2.05) is 30.3 Å². The Balaban J connectivity index is 2.22. The minimum absolute atomic E-state index is 0.367. The van der Waals surface area contributed by atoms with Crippen LogP contribution in [-0.2, 0) is 11.3 Å². The van der Waals surface area contributed by atoms with Crippen LogP contribution in [0, 0.1) is 0 Å². The first-order chi connectivity index (χ1) is 7.81. The third-order valence-corrected chi connectivity index (χ3v) is 2.30. The highest BCUT2D eigenvalue weighted by atomic mass is 16.5. The van der Waals surface area contributed by atoms with Crippen molar-refractivity contribution >= 4 is 5.97 Å². The highest BCUT2D eigenvalue weighted by molar-refractivity contribution is 5.87. The van der Waals surface area contributed by atoms with E-state index in [9.17, 15) is 4.79 Å². The van der Waals surface area contributed by atoms with Crippen LogP contribution in [0.5, 0.6) is 0 Å². The van der Waals surface area contributed by atoms with Gasteiger partial charge in [0.1, 0.15) is 5.69 Å². The number of carbonyl (C=O) groups excluding carboxylic acids is 1. The standard InChI is InChI=1S/C12H12N2O2/c1-16-12(15)11-7-13-9-14(11)8-10-5-3-2-4-6-10/h2-7,9H,8H2,1H3/i13+1. The number of aromatic nitrogens is 2. The topological polar surface area (TPSA) is 44.1 Å². The molecule has 0 aliphatic heterocycles. The number of hydrogen-bond acceptors (Lipinski definition) is 3. The summed E-state index contributed by atoms with van der Waals surface area (Å²) in [7, 11) is 1.36. The first kappa shape index (κ1) is 10.4. The average Bonchev–Trinajstić information content (AvgIpc) is 2.77. The van der Waals surface area contributed by atoms with E-state index in [1.54, 1.807) is 10.9 Å². The lowest BCUT2D eigenvalue weighted by atomic mass is 10.2. The van der Waals surface area contributed by atoms with Crippen LogP contribution in [0.3, 0.4) is 0 Å². The fraction of sp³-hybridized carbons (Fsp3) is 0.167. The Hall–Kier alpha value is -2.10. The van der Waals surface area contributed by atoms with Gasteiger partial charge >= 0.3 is 5.97 Å². The molecule has 0 aliphatic carbocycles. The maximum atomic E-state index is 11.4. The number of carbonyl (C=O) groups is 1. The Kier molecular flexibility index (Phi) is 3.00. The SMILES string of the molecule is COC(=O)c1c[15n]cn1Cc1ccccc1. The van der Waals surface area contributed by atoms with Gasteiger partial charge in [-0.05, 0) is 5.56 Å². The maximum absolute atomic E-state index is 11.4. The molecule has 0 aliphatic rings. The van der Waals surface area contributed by atoms with Crippen molar-refractivity contribution < 1.29 is 9.53 Å². The average molecular weight is 217 g/mol. The fourth-order valence-electron chi connectivity index (χ4n) is 1.50. The molecule has 0 bridgehead atoms. The molecule has 0 saturated carbocycles. The lowest BCUT2D eigenvalue weighted by molar-refractivity contribution is 0.0589. The van der Waals surface area contributed by atoms with E-state index in [1.165, 1.54) is 13.3 Å². The minimum atomic E-state index is -0.367. The summed E-state index contributed by atoms with van der Waals surface area (Å²) in [6.45, 7) is 0.616. The molecule has 0 radical (unpaired) electrons. The summed E-state index contributed by atoms with van der Waals surface area (Å²) in [4.78, 5) is 15.4. The molecule has 2 aromatic rings. The molecule has 2 rings (SSSR count). The van der Waals surface area contributed by atoms with Crippen LogP contribution in [-0.4, -0.2) is 22.6 Å². The van der Waals surface area contributed by atoms with Crippen molar-refractivity contribution in [2.45, 2.75) is 6.54 Å². The van der Waals surface area contributed by atoms with Crippen LogP contribution in [0.2, 0.25) is 0 Å². The Morgan fingerprint density at radius 3 is 2.81 bits per heavy atom. The molecule has 0 saturated heterocycles. The molecule has 4 heteroatoms. The molecule has 0 N–H and O–H groups in total. The van der Waals surface area contributed by atoms with Crippen molar-refractivity contribution in [1.29, 1.82) is 0 Å². The second-order valence-electron chi connectivity index (χ2n) is 3.38. The summed E-state index contributed by atoms with van der Waals surface area (Å²) < 4.78 is 6.44. The van der Waals surface area contributed by atoms with E-state index in [0.29, 0.717) is 12.2 Å². The van der Waals surface area contributed by atoms with Crippen molar-refractivity contribution in [2.24, 2.45) is 0 Å². The second-order valence-corrected chi connectivity index (χ2v) is 3.38. The first-order valence-corrected chi connectivity index (χ1v) is 4.93. The number of rotatable bonds is 3. The van der Waals surface area contributed by atoms with E-state index in [2.05, 4.69) is 9.72 Å². The van der Waals surface area contributed by atoms with E-state index in [0.717, 1.165) is 5.56 Å². The Bertz CT molecular complexity index is 477. The normalized spacial score (nSPS) is 10.1. The van der Waals surface area contributed by atoms with Gasteiger partial charge in [0, 0.05) is 6.54 Å². The van der Waals surface area contributed by atoms with Gasteiger partial charge in [0.05, 0.1) is 19.6 Å². The van der Waals surface area contributed by atoms with Gasteiger partial charge in [-0.2, -0.15) is 0 Å². The van der Waals surface area contributed by atoms with Crippen molar-refractivity contribution in [3.63, 3.8) is 0 Å².